The number of nitrogens with one attached hydrogen (secondary N) is 1. The molecule has 0 spiro atoms. The molecule has 4 rings (SSSR count). The number of amides is 1. The van der Waals surface area contributed by atoms with Gasteiger partial charge in [0, 0.05) is 18.4 Å². The van der Waals surface area contributed by atoms with Crippen LogP contribution in [0.5, 0.6) is 5.75 Å². The van der Waals surface area contributed by atoms with Crippen LogP contribution in [-0.4, -0.2) is 33.5 Å². The number of ether oxygens (including phenoxy) is 1. The highest BCUT2D eigenvalue weighted by Gasteiger charge is 2.35. The van der Waals surface area contributed by atoms with E-state index >= 15 is 0 Å². The Labute approximate surface area is 182 Å². The van der Waals surface area contributed by atoms with E-state index in [0.717, 1.165) is 22.1 Å². The molecular formula is C24H26N2O4S. The van der Waals surface area contributed by atoms with Crippen LogP contribution in [0.3, 0.4) is 0 Å². The van der Waals surface area contributed by atoms with E-state index < -0.39 is 10.0 Å². The molecule has 1 heterocycles. The maximum absolute atomic E-state index is 13.0. The van der Waals surface area contributed by atoms with E-state index in [2.05, 4.69) is 5.32 Å². The Morgan fingerprint density at radius 2 is 1.77 bits per heavy atom. The fourth-order valence-electron chi connectivity index (χ4n) is 3.83. The van der Waals surface area contributed by atoms with E-state index in [1.807, 2.05) is 62.4 Å². The first-order valence-electron chi connectivity index (χ1n) is 10.4. The summed E-state index contributed by atoms with van der Waals surface area (Å²) in [5.74, 6) is 0.645. The molecule has 0 bridgehead atoms. The summed E-state index contributed by atoms with van der Waals surface area (Å²) in [6.07, 6.45) is 0.675. The molecule has 1 N–H and O–H groups in total. The third kappa shape index (κ3) is 4.37. The second-order valence-corrected chi connectivity index (χ2v) is 9.74. The highest BCUT2D eigenvalue weighted by Crippen LogP contribution is 2.41. The molecule has 1 amide bonds. The molecule has 6 nitrogen and oxygen atoms in total. The summed E-state index contributed by atoms with van der Waals surface area (Å²) in [6, 6.07) is 18.5. The second-order valence-electron chi connectivity index (χ2n) is 7.90. The van der Waals surface area contributed by atoms with Crippen molar-refractivity contribution in [3.63, 3.8) is 0 Å². The zero-order valence-electron chi connectivity index (χ0n) is 17.7. The van der Waals surface area contributed by atoms with Gasteiger partial charge in [-0.25, -0.2) is 8.42 Å². The van der Waals surface area contributed by atoms with E-state index in [1.54, 1.807) is 12.1 Å². The molecular weight excluding hydrogens is 412 g/mol. The van der Waals surface area contributed by atoms with Gasteiger partial charge in [0.25, 0.3) is 10.0 Å². The number of aryl methyl sites for hydroxylation is 1. The van der Waals surface area contributed by atoms with Gasteiger partial charge in [-0.05, 0) is 49.9 Å². The first kappa shape index (κ1) is 21.2. The van der Waals surface area contributed by atoms with E-state index in [0.29, 0.717) is 23.6 Å². The van der Waals surface area contributed by atoms with Crippen molar-refractivity contribution in [2.24, 2.45) is 0 Å². The average molecular weight is 439 g/mol. The van der Waals surface area contributed by atoms with Crippen molar-refractivity contribution in [1.82, 2.24) is 5.32 Å². The molecule has 1 aliphatic heterocycles. The Balaban J connectivity index is 1.30. The fraction of sp³-hybridized carbons (Fsp3) is 0.292. The highest BCUT2D eigenvalue weighted by molar-refractivity contribution is 7.93. The lowest BCUT2D eigenvalue weighted by Gasteiger charge is -2.19. The Morgan fingerprint density at radius 3 is 2.52 bits per heavy atom. The average Bonchev–Trinajstić information content (AvgIpc) is 2.96. The Bertz CT molecular complexity index is 1200. The lowest BCUT2D eigenvalue weighted by atomic mass is 10.1. The summed E-state index contributed by atoms with van der Waals surface area (Å²) in [6.45, 7) is 4.53. The standard InChI is InChI=1S/C24H26N2O4S/c1-17-11-13-20(14-12-17)30-16-18(2)25-23(27)10-5-15-26-21-8-3-6-19-7-4-9-22(24(19)21)31(26,28)29/h3-4,6-9,11-14,18H,5,10,15-16H2,1-2H3,(H,25,27)/t18-/m0/s1. The van der Waals surface area contributed by atoms with E-state index in [4.69, 9.17) is 4.74 Å². The number of rotatable bonds is 8. The van der Waals surface area contributed by atoms with Gasteiger partial charge < -0.3 is 10.1 Å². The van der Waals surface area contributed by atoms with Gasteiger partial charge in [0.1, 0.15) is 12.4 Å². The molecule has 0 radical (unpaired) electrons. The molecule has 3 aromatic rings. The van der Waals surface area contributed by atoms with Crippen LogP contribution in [0.1, 0.15) is 25.3 Å². The van der Waals surface area contributed by atoms with Crippen molar-refractivity contribution in [3.8, 4) is 5.75 Å². The molecule has 0 aromatic heterocycles. The largest absolute Gasteiger partial charge is 0.491 e. The molecule has 31 heavy (non-hydrogen) atoms. The highest BCUT2D eigenvalue weighted by atomic mass is 32.2. The van der Waals surface area contributed by atoms with Gasteiger partial charge in [0.15, 0.2) is 0 Å². The molecule has 3 aromatic carbocycles. The van der Waals surface area contributed by atoms with Gasteiger partial charge in [-0.15, -0.1) is 0 Å². The lowest BCUT2D eigenvalue weighted by Crippen LogP contribution is -2.37. The molecule has 7 heteroatoms. The quantitative estimate of drug-likeness (QED) is 0.576. The van der Waals surface area contributed by atoms with Crippen LogP contribution in [0.2, 0.25) is 0 Å². The third-order valence-electron chi connectivity index (χ3n) is 5.37. The van der Waals surface area contributed by atoms with Crippen molar-refractivity contribution < 1.29 is 17.9 Å². The number of carbonyl (C=O) groups excluding carboxylic acids is 1. The van der Waals surface area contributed by atoms with Crippen molar-refractivity contribution >= 4 is 32.4 Å². The first-order valence-corrected chi connectivity index (χ1v) is 11.8. The number of hydrogen-bond acceptors (Lipinski definition) is 4. The second kappa shape index (κ2) is 8.59. The van der Waals surface area contributed by atoms with Crippen LogP contribution in [0.4, 0.5) is 5.69 Å². The van der Waals surface area contributed by atoms with Crippen LogP contribution in [0.15, 0.2) is 65.6 Å². The minimum absolute atomic E-state index is 0.118. The van der Waals surface area contributed by atoms with Crippen molar-refractivity contribution in [1.29, 1.82) is 0 Å². The fourth-order valence-corrected chi connectivity index (χ4v) is 5.58. The van der Waals surface area contributed by atoms with Crippen LogP contribution in [0, 0.1) is 6.92 Å². The first-order chi connectivity index (χ1) is 14.9. The van der Waals surface area contributed by atoms with Gasteiger partial charge in [-0.3, -0.25) is 9.10 Å². The maximum atomic E-state index is 13.0. The van der Waals surface area contributed by atoms with Crippen molar-refractivity contribution in [2.75, 3.05) is 17.5 Å². The topological polar surface area (TPSA) is 75.7 Å². The van der Waals surface area contributed by atoms with E-state index in [9.17, 15) is 13.2 Å². The summed E-state index contributed by atoms with van der Waals surface area (Å²) in [7, 11) is -3.58. The summed E-state index contributed by atoms with van der Waals surface area (Å²) < 4.78 is 33.1. The maximum Gasteiger partial charge on any atom is 0.265 e. The Kier molecular flexibility index (Phi) is 5.87. The molecule has 0 unspecified atom stereocenters. The predicted molar refractivity (Wildman–Crippen MR) is 122 cm³/mol. The molecule has 162 valence electrons. The van der Waals surface area contributed by atoms with Crippen molar-refractivity contribution in [3.05, 3.63) is 66.2 Å². The molecule has 0 fully saturated rings. The number of anilines is 1. The smallest absolute Gasteiger partial charge is 0.265 e. The normalized spacial score (nSPS) is 15.1. The van der Waals surface area contributed by atoms with Gasteiger partial charge in [-0.2, -0.15) is 0 Å². The van der Waals surface area contributed by atoms with Crippen LogP contribution < -0.4 is 14.4 Å². The SMILES string of the molecule is Cc1ccc(OC[C@H](C)NC(=O)CCCN2c3cccc4cccc(c34)S2(=O)=O)cc1. The molecule has 1 atom stereocenters. The minimum atomic E-state index is -3.58. The van der Waals surface area contributed by atoms with E-state index in [1.165, 1.54) is 4.31 Å². The third-order valence-corrected chi connectivity index (χ3v) is 7.23. The Hall–Kier alpha value is -3.06. The van der Waals surface area contributed by atoms with Crippen LogP contribution in [-0.2, 0) is 14.8 Å². The number of benzene rings is 3. The van der Waals surface area contributed by atoms with Crippen molar-refractivity contribution in [2.45, 2.75) is 37.6 Å². The minimum Gasteiger partial charge on any atom is -0.491 e. The number of sulfonamides is 1. The van der Waals surface area contributed by atoms with Gasteiger partial charge in [0.2, 0.25) is 5.91 Å². The van der Waals surface area contributed by atoms with Gasteiger partial charge >= 0.3 is 0 Å². The van der Waals surface area contributed by atoms with Crippen LogP contribution in [0.25, 0.3) is 10.8 Å². The monoisotopic (exact) mass is 438 g/mol. The lowest BCUT2D eigenvalue weighted by molar-refractivity contribution is -0.121. The number of nitrogens with zero attached hydrogens (tertiary/aromatic N) is 1. The summed E-state index contributed by atoms with van der Waals surface area (Å²) >= 11 is 0. The Morgan fingerprint density at radius 1 is 1.06 bits per heavy atom. The zero-order valence-corrected chi connectivity index (χ0v) is 18.5. The van der Waals surface area contributed by atoms with E-state index in [-0.39, 0.29) is 24.9 Å². The number of hydrogen-bond donors (Lipinski definition) is 1. The molecule has 0 saturated heterocycles. The van der Waals surface area contributed by atoms with Crippen LogP contribution >= 0.6 is 0 Å². The zero-order chi connectivity index (χ0) is 22.0. The summed E-state index contributed by atoms with van der Waals surface area (Å²) in [5, 5.41) is 4.58. The molecule has 0 aliphatic carbocycles. The van der Waals surface area contributed by atoms with Gasteiger partial charge in [-0.1, -0.05) is 42.0 Å². The molecule has 0 saturated carbocycles. The predicted octanol–water partition coefficient (Wildman–Crippen LogP) is 4.02. The molecule has 1 aliphatic rings. The van der Waals surface area contributed by atoms with Gasteiger partial charge in [0.05, 0.1) is 16.6 Å². The summed E-state index contributed by atoms with van der Waals surface area (Å²) in [4.78, 5) is 12.7. The summed E-state index contributed by atoms with van der Waals surface area (Å²) in [5.41, 5.74) is 1.85. The number of carbonyl (C=O) groups is 1.